The molecule has 1 aromatic carbocycles. The summed E-state index contributed by atoms with van der Waals surface area (Å²) in [4.78, 5) is 25.1. The summed E-state index contributed by atoms with van der Waals surface area (Å²) in [5.74, 6) is -1.35. The Hall–Kier alpha value is -1.59. The molecule has 0 aromatic heterocycles. The van der Waals surface area contributed by atoms with Crippen molar-refractivity contribution in [3.05, 3.63) is 28.8 Å². The highest BCUT2D eigenvalue weighted by Gasteiger charge is 2.36. The third-order valence-electron chi connectivity index (χ3n) is 4.02. The maximum atomic E-state index is 12.1. The first-order valence-corrected chi connectivity index (χ1v) is 7.29. The van der Waals surface area contributed by atoms with Crippen molar-refractivity contribution < 1.29 is 14.7 Å². The van der Waals surface area contributed by atoms with E-state index in [0.29, 0.717) is 23.7 Å². The standard InChI is InChI=1S/C15H19ClN2O3/c1-9-3-4-11(16)7-13(9)17-14(19)8-18-6-5-12(10(18)2)15(20)21/h3-4,7,10,12H,5-6,8H2,1-2H3,(H,17,19)(H,20,21). The number of aliphatic carboxylic acids is 1. The molecule has 1 aromatic rings. The number of carboxylic acids is 1. The van der Waals surface area contributed by atoms with Crippen LogP contribution in [0.15, 0.2) is 18.2 Å². The number of aryl methyl sites for hydroxylation is 1. The van der Waals surface area contributed by atoms with Crippen molar-refractivity contribution in [3.8, 4) is 0 Å². The zero-order valence-electron chi connectivity index (χ0n) is 12.1. The van der Waals surface area contributed by atoms with Gasteiger partial charge in [0.2, 0.25) is 5.91 Å². The van der Waals surface area contributed by atoms with E-state index in [1.54, 1.807) is 12.1 Å². The number of benzene rings is 1. The smallest absolute Gasteiger partial charge is 0.308 e. The van der Waals surface area contributed by atoms with Gasteiger partial charge in [-0.3, -0.25) is 14.5 Å². The van der Waals surface area contributed by atoms with E-state index >= 15 is 0 Å². The summed E-state index contributed by atoms with van der Waals surface area (Å²) >= 11 is 5.92. The Bertz CT molecular complexity index is 562. The van der Waals surface area contributed by atoms with E-state index < -0.39 is 11.9 Å². The second-order valence-corrected chi connectivity index (χ2v) is 5.89. The summed E-state index contributed by atoms with van der Waals surface area (Å²) in [5, 5.41) is 12.5. The summed E-state index contributed by atoms with van der Waals surface area (Å²) in [6, 6.07) is 5.19. The van der Waals surface area contributed by atoms with Gasteiger partial charge in [0.05, 0.1) is 12.5 Å². The van der Waals surface area contributed by atoms with Gasteiger partial charge in [-0.2, -0.15) is 0 Å². The Balaban J connectivity index is 1.96. The number of hydrogen-bond donors (Lipinski definition) is 2. The molecule has 0 radical (unpaired) electrons. The number of carbonyl (C=O) groups is 2. The van der Waals surface area contributed by atoms with Crippen LogP contribution in [0, 0.1) is 12.8 Å². The van der Waals surface area contributed by atoms with Gasteiger partial charge in [0.25, 0.3) is 0 Å². The zero-order valence-corrected chi connectivity index (χ0v) is 12.9. The van der Waals surface area contributed by atoms with E-state index in [4.69, 9.17) is 16.7 Å². The lowest BCUT2D eigenvalue weighted by Crippen LogP contribution is -2.38. The molecule has 1 heterocycles. The highest BCUT2D eigenvalue weighted by atomic mass is 35.5. The Morgan fingerprint density at radius 1 is 1.48 bits per heavy atom. The second-order valence-electron chi connectivity index (χ2n) is 5.45. The number of hydrogen-bond acceptors (Lipinski definition) is 3. The lowest BCUT2D eigenvalue weighted by atomic mass is 10.0. The molecule has 1 amide bonds. The molecule has 2 unspecified atom stereocenters. The van der Waals surface area contributed by atoms with Crippen LogP contribution in [-0.2, 0) is 9.59 Å². The van der Waals surface area contributed by atoms with Crippen LogP contribution in [0.4, 0.5) is 5.69 Å². The van der Waals surface area contributed by atoms with Gasteiger partial charge in [-0.05, 0) is 44.5 Å². The fourth-order valence-electron chi connectivity index (χ4n) is 2.66. The van der Waals surface area contributed by atoms with E-state index in [1.165, 1.54) is 0 Å². The number of nitrogens with one attached hydrogen (secondary N) is 1. The van der Waals surface area contributed by atoms with Crippen molar-refractivity contribution >= 4 is 29.2 Å². The molecule has 1 aliphatic rings. The van der Waals surface area contributed by atoms with Crippen molar-refractivity contribution in [2.24, 2.45) is 5.92 Å². The van der Waals surface area contributed by atoms with Crippen LogP contribution in [-0.4, -0.2) is 41.0 Å². The number of rotatable bonds is 4. The van der Waals surface area contributed by atoms with Gasteiger partial charge in [-0.15, -0.1) is 0 Å². The van der Waals surface area contributed by atoms with Crippen molar-refractivity contribution in [3.63, 3.8) is 0 Å². The molecule has 2 N–H and O–H groups in total. The van der Waals surface area contributed by atoms with Crippen LogP contribution in [0.25, 0.3) is 0 Å². The molecule has 1 saturated heterocycles. The predicted octanol–water partition coefficient (Wildman–Crippen LogP) is 2.38. The first-order chi connectivity index (χ1) is 9.88. The van der Waals surface area contributed by atoms with Gasteiger partial charge in [0.15, 0.2) is 0 Å². The maximum absolute atomic E-state index is 12.1. The van der Waals surface area contributed by atoms with Gasteiger partial charge in [-0.25, -0.2) is 0 Å². The molecular formula is C15H19ClN2O3. The van der Waals surface area contributed by atoms with E-state index in [0.717, 1.165) is 5.56 Å². The maximum Gasteiger partial charge on any atom is 0.308 e. The Labute approximate surface area is 128 Å². The lowest BCUT2D eigenvalue weighted by Gasteiger charge is -2.22. The van der Waals surface area contributed by atoms with E-state index in [-0.39, 0.29) is 18.5 Å². The van der Waals surface area contributed by atoms with Gasteiger partial charge in [0, 0.05) is 16.8 Å². The normalized spacial score (nSPS) is 22.2. The SMILES string of the molecule is Cc1ccc(Cl)cc1NC(=O)CN1CCC(C(=O)O)C1C. The molecule has 5 nitrogen and oxygen atoms in total. The van der Waals surface area contributed by atoms with Crippen LogP contribution >= 0.6 is 11.6 Å². The Morgan fingerprint density at radius 2 is 2.19 bits per heavy atom. The third kappa shape index (κ3) is 3.74. The summed E-state index contributed by atoms with van der Waals surface area (Å²) < 4.78 is 0. The largest absolute Gasteiger partial charge is 0.481 e. The predicted molar refractivity (Wildman–Crippen MR) is 81.6 cm³/mol. The molecule has 1 aliphatic heterocycles. The molecule has 0 spiro atoms. The fourth-order valence-corrected chi connectivity index (χ4v) is 2.83. The number of amides is 1. The van der Waals surface area contributed by atoms with Crippen LogP contribution in [0.3, 0.4) is 0 Å². The highest BCUT2D eigenvalue weighted by molar-refractivity contribution is 6.31. The number of carbonyl (C=O) groups excluding carboxylic acids is 1. The number of halogens is 1. The van der Waals surface area contributed by atoms with Crippen LogP contribution in [0.2, 0.25) is 5.02 Å². The lowest BCUT2D eigenvalue weighted by molar-refractivity contribution is -0.142. The topological polar surface area (TPSA) is 69.6 Å². The van der Waals surface area contributed by atoms with Gasteiger partial charge in [0.1, 0.15) is 0 Å². The average Bonchev–Trinajstić information content (AvgIpc) is 2.75. The quantitative estimate of drug-likeness (QED) is 0.896. The molecule has 6 heteroatoms. The molecule has 0 bridgehead atoms. The van der Waals surface area contributed by atoms with Crippen molar-refractivity contribution in [1.82, 2.24) is 4.90 Å². The molecule has 2 rings (SSSR count). The fraction of sp³-hybridized carbons (Fsp3) is 0.467. The van der Waals surface area contributed by atoms with Gasteiger partial charge < -0.3 is 10.4 Å². The summed E-state index contributed by atoms with van der Waals surface area (Å²) in [6.07, 6.45) is 0.583. The molecule has 1 fully saturated rings. The summed E-state index contributed by atoms with van der Waals surface area (Å²) in [6.45, 7) is 4.56. The zero-order chi connectivity index (χ0) is 15.6. The Kier molecular flexibility index (Phi) is 4.85. The van der Waals surface area contributed by atoms with E-state index in [2.05, 4.69) is 5.32 Å². The molecule has 0 saturated carbocycles. The van der Waals surface area contributed by atoms with Crippen LogP contribution in [0.1, 0.15) is 18.9 Å². The first kappa shape index (κ1) is 15.8. The Morgan fingerprint density at radius 3 is 2.81 bits per heavy atom. The number of carboxylic acid groups (broad SMARTS) is 1. The average molecular weight is 311 g/mol. The summed E-state index contributed by atoms with van der Waals surface area (Å²) in [7, 11) is 0. The molecular weight excluding hydrogens is 292 g/mol. The number of likely N-dealkylation sites (tertiary alicyclic amines) is 1. The first-order valence-electron chi connectivity index (χ1n) is 6.91. The minimum Gasteiger partial charge on any atom is -0.481 e. The van der Waals surface area contributed by atoms with Crippen molar-refractivity contribution in [2.45, 2.75) is 26.3 Å². The number of nitrogens with zero attached hydrogens (tertiary/aromatic N) is 1. The second kappa shape index (κ2) is 6.45. The minimum atomic E-state index is -0.795. The highest BCUT2D eigenvalue weighted by Crippen LogP contribution is 2.24. The minimum absolute atomic E-state index is 0.131. The monoisotopic (exact) mass is 310 g/mol. The van der Waals surface area contributed by atoms with E-state index in [1.807, 2.05) is 24.8 Å². The van der Waals surface area contributed by atoms with Crippen LogP contribution < -0.4 is 5.32 Å². The van der Waals surface area contributed by atoms with Crippen LogP contribution in [0.5, 0.6) is 0 Å². The molecule has 0 aliphatic carbocycles. The van der Waals surface area contributed by atoms with Gasteiger partial charge >= 0.3 is 5.97 Å². The molecule has 2 atom stereocenters. The van der Waals surface area contributed by atoms with E-state index in [9.17, 15) is 9.59 Å². The van der Waals surface area contributed by atoms with Gasteiger partial charge in [-0.1, -0.05) is 17.7 Å². The summed E-state index contributed by atoms with van der Waals surface area (Å²) in [5.41, 5.74) is 1.62. The number of anilines is 1. The molecule has 21 heavy (non-hydrogen) atoms. The van der Waals surface area contributed by atoms with Crippen molar-refractivity contribution in [2.75, 3.05) is 18.4 Å². The third-order valence-corrected chi connectivity index (χ3v) is 4.26. The molecule has 114 valence electrons. The van der Waals surface area contributed by atoms with Crippen molar-refractivity contribution in [1.29, 1.82) is 0 Å².